The van der Waals surface area contributed by atoms with E-state index in [4.69, 9.17) is 9.47 Å². The van der Waals surface area contributed by atoms with E-state index in [0.29, 0.717) is 0 Å². The Balaban J connectivity index is 3.14. The maximum Gasteiger partial charge on any atom is 0.126 e. The Morgan fingerprint density at radius 1 is 1.29 bits per heavy atom. The lowest BCUT2D eigenvalue weighted by atomic mass is 10.0. The highest BCUT2D eigenvalue weighted by atomic mass is 16.5. The third kappa shape index (κ3) is 2.08. The second-order valence-corrected chi connectivity index (χ2v) is 3.02. The molecule has 0 aliphatic rings. The van der Waals surface area contributed by atoms with Gasteiger partial charge in [-0.2, -0.15) is 0 Å². The van der Waals surface area contributed by atoms with Crippen molar-refractivity contribution in [3.05, 3.63) is 30.3 Å². The third-order valence-corrected chi connectivity index (χ3v) is 2.21. The van der Waals surface area contributed by atoms with Crippen LogP contribution in [0.1, 0.15) is 18.9 Å². The lowest BCUT2D eigenvalue weighted by Gasteiger charge is -2.11. The van der Waals surface area contributed by atoms with Crippen LogP contribution in [0.2, 0.25) is 0 Å². The molecule has 2 nitrogen and oxygen atoms in total. The molecule has 0 heterocycles. The van der Waals surface area contributed by atoms with Crippen molar-refractivity contribution in [1.29, 1.82) is 0 Å². The van der Waals surface area contributed by atoms with Gasteiger partial charge in [0.1, 0.15) is 11.5 Å². The van der Waals surface area contributed by atoms with E-state index in [0.717, 1.165) is 29.1 Å². The molecular weight excluding hydrogens is 176 g/mol. The standard InChI is InChI=1S/C12H16O2/c1-5-9(2)11-8-10(13-3)6-7-12(11)14-4/h6-8H,2,5H2,1,3-4H3. The Labute approximate surface area is 85.2 Å². The molecule has 14 heavy (non-hydrogen) atoms. The highest BCUT2D eigenvalue weighted by Gasteiger charge is 2.06. The molecule has 0 radical (unpaired) electrons. The lowest BCUT2D eigenvalue weighted by Crippen LogP contribution is -1.92. The number of allylic oxidation sites excluding steroid dienone is 1. The molecule has 0 unspecified atom stereocenters. The SMILES string of the molecule is C=C(CC)c1cc(OC)ccc1OC. The van der Waals surface area contributed by atoms with Gasteiger partial charge >= 0.3 is 0 Å². The van der Waals surface area contributed by atoms with Crippen LogP contribution in [-0.2, 0) is 0 Å². The average Bonchev–Trinajstić information content (AvgIpc) is 2.27. The number of rotatable bonds is 4. The Bertz CT molecular complexity index is 329. The van der Waals surface area contributed by atoms with Crippen LogP contribution < -0.4 is 9.47 Å². The molecule has 0 spiro atoms. The largest absolute Gasteiger partial charge is 0.497 e. The van der Waals surface area contributed by atoms with E-state index in [9.17, 15) is 0 Å². The molecule has 0 N–H and O–H groups in total. The number of benzene rings is 1. The molecule has 0 saturated carbocycles. The monoisotopic (exact) mass is 192 g/mol. The summed E-state index contributed by atoms with van der Waals surface area (Å²) in [6.07, 6.45) is 0.906. The van der Waals surface area contributed by atoms with Crippen molar-refractivity contribution in [3.8, 4) is 11.5 Å². The second kappa shape index (κ2) is 4.70. The van der Waals surface area contributed by atoms with Crippen LogP contribution in [0.25, 0.3) is 5.57 Å². The quantitative estimate of drug-likeness (QED) is 0.729. The van der Waals surface area contributed by atoms with Crippen molar-refractivity contribution >= 4 is 5.57 Å². The first-order valence-electron chi connectivity index (χ1n) is 4.63. The van der Waals surface area contributed by atoms with E-state index in [2.05, 4.69) is 13.5 Å². The zero-order chi connectivity index (χ0) is 10.6. The molecule has 0 fully saturated rings. The van der Waals surface area contributed by atoms with Crippen LogP contribution in [0.15, 0.2) is 24.8 Å². The summed E-state index contributed by atoms with van der Waals surface area (Å²) in [5.41, 5.74) is 2.08. The summed E-state index contributed by atoms with van der Waals surface area (Å²) in [6, 6.07) is 5.73. The predicted molar refractivity (Wildman–Crippen MR) is 58.9 cm³/mol. The topological polar surface area (TPSA) is 18.5 Å². The fraction of sp³-hybridized carbons (Fsp3) is 0.333. The van der Waals surface area contributed by atoms with Crippen LogP contribution in [0.4, 0.5) is 0 Å². The Morgan fingerprint density at radius 2 is 2.00 bits per heavy atom. The molecule has 0 bridgehead atoms. The molecule has 0 aromatic heterocycles. The van der Waals surface area contributed by atoms with Crippen LogP contribution in [0.3, 0.4) is 0 Å². The zero-order valence-electron chi connectivity index (χ0n) is 8.96. The summed E-state index contributed by atoms with van der Waals surface area (Å²) in [4.78, 5) is 0. The van der Waals surface area contributed by atoms with E-state index in [1.54, 1.807) is 14.2 Å². The van der Waals surface area contributed by atoms with Gasteiger partial charge in [0.2, 0.25) is 0 Å². The van der Waals surface area contributed by atoms with Crippen molar-refractivity contribution < 1.29 is 9.47 Å². The van der Waals surface area contributed by atoms with Gasteiger partial charge in [-0.1, -0.05) is 13.5 Å². The molecule has 76 valence electrons. The summed E-state index contributed by atoms with van der Waals surface area (Å²) < 4.78 is 10.4. The molecule has 1 aromatic carbocycles. The first-order valence-corrected chi connectivity index (χ1v) is 4.63. The molecule has 0 saturated heterocycles. The highest BCUT2D eigenvalue weighted by molar-refractivity contribution is 5.69. The lowest BCUT2D eigenvalue weighted by molar-refractivity contribution is 0.402. The van der Waals surface area contributed by atoms with Crippen molar-refractivity contribution in [3.63, 3.8) is 0 Å². The Kier molecular flexibility index (Phi) is 3.57. The molecule has 0 amide bonds. The fourth-order valence-electron chi connectivity index (χ4n) is 1.28. The summed E-state index contributed by atoms with van der Waals surface area (Å²) in [7, 11) is 3.31. The number of methoxy groups -OCH3 is 2. The molecule has 2 heteroatoms. The van der Waals surface area contributed by atoms with Gasteiger partial charge in [0.05, 0.1) is 14.2 Å². The number of ether oxygens (including phenoxy) is 2. The fourth-order valence-corrected chi connectivity index (χ4v) is 1.28. The average molecular weight is 192 g/mol. The van der Waals surface area contributed by atoms with Crippen LogP contribution >= 0.6 is 0 Å². The van der Waals surface area contributed by atoms with Crippen molar-refractivity contribution in [2.75, 3.05) is 14.2 Å². The predicted octanol–water partition coefficient (Wildman–Crippen LogP) is 3.13. The third-order valence-electron chi connectivity index (χ3n) is 2.21. The molecule has 1 rings (SSSR count). The van der Waals surface area contributed by atoms with Crippen molar-refractivity contribution in [2.24, 2.45) is 0 Å². The van der Waals surface area contributed by atoms with Gasteiger partial charge < -0.3 is 9.47 Å². The Hall–Kier alpha value is -1.44. The molecule has 1 aromatic rings. The molecule has 0 atom stereocenters. The van der Waals surface area contributed by atoms with E-state index in [1.807, 2.05) is 18.2 Å². The smallest absolute Gasteiger partial charge is 0.126 e. The molecule has 0 aliphatic heterocycles. The minimum absolute atomic E-state index is 0.829. The van der Waals surface area contributed by atoms with Crippen LogP contribution in [0, 0.1) is 0 Å². The van der Waals surface area contributed by atoms with E-state index in [-0.39, 0.29) is 0 Å². The van der Waals surface area contributed by atoms with Gasteiger partial charge in [-0.3, -0.25) is 0 Å². The summed E-state index contributed by atoms with van der Waals surface area (Å²) in [6.45, 7) is 6.06. The normalized spacial score (nSPS) is 9.64. The van der Waals surface area contributed by atoms with Gasteiger partial charge in [-0.25, -0.2) is 0 Å². The van der Waals surface area contributed by atoms with Crippen LogP contribution in [-0.4, -0.2) is 14.2 Å². The highest BCUT2D eigenvalue weighted by Crippen LogP contribution is 2.30. The summed E-state index contributed by atoms with van der Waals surface area (Å²) in [5, 5.41) is 0. The zero-order valence-corrected chi connectivity index (χ0v) is 8.96. The molecular formula is C12H16O2. The number of hydrogen-bond acceptors (Lipinski definition) is 2. The molecule has 0 aliphatic carbocycles. The van der Waals surface area contributed by atoms with Crippen molar-refractivity contribution in [2.45, 2.75) is 13.3 Å². The van der Waals surface area contributed by atoms with E-state index >= 15 is 0 Å². The van der Waals surface area contributed by atoms with E-state index < -0.39 is 0 Å². The van der Waals surface area contributed by atoms with Gasteiger partial charge in [-0.05, 0) is 30.2 Å². The number of hydrogen-bond donors (Lipinski definition) is 0. The first kappa shape index (κ1) is 10.6. The maximum absolute atomic E-state index is 5.25. The van der Waals surface area contributed by atoms with Gasteiger partial charge in [0, 0.05) is 5.56 Å². The minimum Gasteiger partial charge on any atom is -0.497 e. The maximum atomic E-state index is 5.25. The van der Waals surface area contributed by atoms with Crippen molar-refractivity contribution in [1.82, 2.24) is 0 Å². The summed E-state index contributed by atoms with van der Waals surface area (Å²) >= 11 is 0. The van der Waals surface area contributed by atoms with Crippen LogP contribution in [0.5, 0.6) is 11.5 Å². The summed E-state index contributed by atoms with van der Waals surface area (Å²) in [5.74, 6) is 1.67. The first-order chi connectivity index (χ1) is 6.72. The van der Waals surface area contributed by atoms with E-state index in [1.165, 1.54) is 0 Å². The second-order valence-electron chi connectivity index (χ2n) is 3.02. The van der Waals surface area contributed by atoms with Gasteiger partial charge in [-0.15, -0.1) is 0 Å². The Morgan fingerprint density at radius 3 is 2.50 bits per heavy atom. The minimum atomic E-state index is 0.829. The van der Waals surface area contributed by atoms with Gasteiger partial charge in [0.15, 0.2) is 0 Å². The van der Waals surface area contributed by atoms with Gasteiger partial charge in [0.25, 0.3) is 0 Å².